The van der Waals surface area contributed by atoms with Crippen molar-refractivity contribution in [3.05, 3.63) is 47.5 Å². The van der Waals surface area contributed by atoms with Crippen LogP contribution in [0.4, 0.5) is 10.1 Å². The third kappa shape index (κ3) is 8.97. The van der Waals surface area contributed by atoms with Gasteiger partial charge >= 0.3 is 0 Å². The summed E-state index contributed by atoms with van der Waals surface area (Å²) < 4.78 is 17.2. The first-order valence-corrected chi connectivity index (χ1v) is 17.2. The van der Waals surface area contributed by atoms with Crippen molar-refractivity contribution in [2.45, 2.75) is 104 Å². The highest BCUT2D eigenvalue weighted by molar-refractivity contribution is 6.00. The average Bonchev–Trinajstić information content (AvgIpc) is 3.56. The summed E-state index contributed by atoms with van der Waals surface area (Å²) in [5, 5.41) is 12.7. The second-order valence-electron chi connectivity index (χ2n) is 13.4. The van der Waals surface area contributed by atoms with Gasteiger partial charge in [-0.15, -0.1) is 0 Å². The Morgan fingerprint density at radius 2 is 1.64 bits per heavy atom. The van der Waals surface area contributed by atoms with Gasteiger partial charge in [0.25, 0.3) is 5.91 Å². The summed E-state index contributed by atoms with van der Waals surface area (Å²) in [4.78, 5) is 57.2. The van der Waals surface area contributed by atoms with Crippen molar-refractivity contribution < 1.29 is 23.6 Å². The number of amides is 4. The van der Waals surface area contributed by atoms with E-state index in [1.54, 1.807) is 41.8 Å². The fraction of sp³-hybridized carbons (Fsp3) is 0.629. The molecule has 47 heavy (non-hydrogen) atoms. The summed E-state index contributed by atoms with van der Waals surface area (Å²) in [6.45, 7) is 15.0. The Morgan fingerprint density at radius 1 is 0.957 bits per heavy atom. The average molecular weight is 654 g/mol. The number of piperazine rings is 1. The summed E-state index contributed by atoms with van der Waals surface area (Å²) in [7, 11) is 0. The summed E-state index contributed by atoms with van der Waals surface area (Å²) in [6, 6.07) is 4.75. The standard InChI is InChI=1S/C35H52FN7O4/c1-7-30(44)39-31(35(47)42-19-17-41(18-20-42)22(3)4)24(6)26-13-14-28(27(36)21-26)38-34(46)32(25-11-9-23(5)10-12-25)40-33(45)29-15-16-37-43(29)8-2/h13-16,21-25,31-32H,7-12,17-20H2,1-6H3,(H,38,46)(H,39,44)(H,40,45)/t23?,24-,25?,31+,32-/m0/s1. The van der Waals surface area contributed by atoms with Crippen LogP contribution in [0.3, 0.4) is 0 Å². The molecule has 1 aromatic heterocycles. The molecule has 3 atom stereocenters. The van der Waals surface area contributed by atoms with E-state index in [4.69, 9.17) is 0 Å². The van der Waals surface area contributed by atoms with Crippen molar-refractivity contribution >= 4 is 29.3 Å². The number of hydrogen-bond acceptors (Lipinski definition) is 6. The molecule has 2 heterocycles. The van der Waals surface area contributed by atoms with E-state index in [0.717, 1.165) is 38.8 Å². The topological polar surface area (TPSA) is 129 Å². The summed E-state index contributed by atoms with van der Waals surface area (Å²) >= 11 is 0. The van der Waals surface area contributed by atoms with Crippen LogP contribution in [0.5, 0.6) is 0 Å². The molecule has 1 aliphatic carbocycles. The largest absolute Gasteiger partial charge is 0.344 e. The Labute approximate surface area is 278 Å². The lowest BCUT2D eigenvalue weighted by Gasteiger charge is -2.39. The van der Waals surface area contributed by atoms with Gasteiger partial charge in [0.1, 0.15) is 23.6 Å². The number of nitrogens with zero attached hydrogens (tertiary/aromatic N) is 4. The Hall–Kier alpha value is -3.80. The second kappa shape index (κ2) is 16.3. The number of carbonyl (C=O) groups is 4. The van der Waals surface area contributed by atoms with E-state index in [1.165, 1.54) is 12.1 Å². The van der Waals surface area contributed by atoms with Gasteiger partial charge in [-0.1, -0.05) is 39.7 Å². The normalized spacial score (nSPS) is 20.7. The number of halogens is 1. The molecule has 0 radical (unpaired) electrons. The monoisotopic (exact) mass is 653 g/mol. The van der Waals surface area contributed by atoms with E-state index in [-0.39, 0.29) is 29.8 Å². The van der Waals surface area contributed by atoms with Gasteiger partial charge in [0.15, 0.2) is 0 Å². The molecule has 2 aromatic rings. The molecule has 1 saturated carbocycles. The molecule has 3 N–H and O–H groups in total. The van der Waals surface area contributed by atoms with Crippen LogP contribution in [0.1, 0.15) is 95.6 Å². The van der Waals surface area contributed by atoms with Gasteiger partial charge in [-0.05, 0) is 69.2 Å². The highest BCUT2D eigenvalue weighted by atomic mass is 19.1. The molecular formula is C35H52FN7O4. The molecule has 11 nitrogen and oxygen atoms in total. The lowest BCUT2D eigenvalue weighted by Crippen LogP contribution is -2.57. The van der Waals surface area contributed by atoms with Crippen LogP contribution in [0, 0.1) is 17.7 Å². The van der Waals surface area contributed by atoms with Crippen LogP contribution in [-0.2, 0) is 20.9 Å². The highest BCUT2D eigenvalue weighted by Crippen LogP contribution is 2.32. The fourth-order valence-corrected chi connectivity index (χ4v) is 6.66. The number of rotatable bonds is 12. The Morgan fingerprint density at radius 3 is 2.23 bits per heavy atom. The third-order valence-electron chi connectivity index (χ3n) is 9.89. The number of anilines is 1. The smallest absolute Gasteiger partial charge is 0.270 e. The van der Waals surface area contributed by atoms with Crippen molar-refractivity contribution in [3.63, 3.8) is 0 Å². The van der Waals surface area contributed by atoms with Crippen LogP contribution in [0.2, 0.25) is 0 Å². The summed E-state index contributed by atoms with van der Waals surface area (Å²) in [5.41, 5.74) is 0.869. The predicted molar refractivity (Wildman–Crippen MR) is 179 cm³/mol. The van der Waals surface area contributed by atoms with Crippen LogP contribution in [0.15, 0.2) is 30.5 Å². The molecule has 1 saturated heterocycles. The Kier molecular flexibility index (Phi) is 12.5. The molecule has 1 aromatic carbocycles. The Bertz CT molecular complexity index is 1400. The number of carbonyl (C=O) groups excluding carboxylic acids is 4. The van der Waals surface area contributed by atoms with Gasteiger partial charge in [-0.3, -0.25) is 28.8 Å². The maximum atomic E-state index is 15.7. The zero-order valence-electron chi connectivity index (χ0n) is 28.7. The number of benzene rings is 1. The van der Waals surface area contributed by atoms with E-state index >= 15 is 4.39 Å². The molecule has 12 heteroatoms. The van der Waals surface area contributed by atoms with Gasteiger partial charge in [0, 0.05) is 57.3 Å². The molecule has 0 unspecified atom stereocenters. The first-order chi connectivity index (χ1) is 22.4. The van der Waals surface area contributed by atoms with Crippen LogP contribution in [0.25, 0.3) is 0 Å². The van der Waals surface area contributed by atoms with Gasteiger partial charge in [0.05, 0.1) is 5.69 Å². The molecular weight excluding hydrogens is 601 g/mol. The van der Waals surface area contributed by atoms with Crippen molar-refractivity contribution in [1.29, 1.82) is 0 Å². The molecule has 0 bridgehead atoms. The van der Waals surface area contributed by atoms with Crippen molar-refractivity contribution in [2.24, 2.45) is 11.8 Å². The SMILES string of the molecule is CCC(=O)N[C@@H](C(=O)N1CCN(C(C)C)CC1)[C@@H](C)c1ccc(NC(=O)[C@@H](NC(=O)c2ccnn2CC)C2CCC(C)CC2)c(F)c1. The van der Waals surface area contributed by atoms with Crippen LogP contribution >= 0.6 is 0 Å². The highest BCUT2D eigenvalue weighted by Gasteiger charge is 2.35. The van der Waals surface area contributed by atoms with E-state index < -0.39 is 35.6 Å². The number of hydrogen-bond donors (Lipinski definition) is 3. The van der Waals surface area contributed by atoms with Crippen molar-refractivity contribution in [1.82, 2.24) is 30.2 Å². The maximum absolute atomic E-state index is 15.7. The Balaban J connectivity index is 1.51. The third-order valence-corrected chi connectivity index (χ3v) is 9.89. The first-order valence-electron chi connectivity index (χ1n) is 17.2. The zero-order chi connectivity index (χ0) is 34.2. The predicted octanol–water partition coefficient (Wildman–Crippen LogP) is 4.16. The zero-order valence-corrected chi connectivity index (χ0v) is 28.7. The van der Waals surface area contributed by atoms with Crippen molar-refractivity contribution in [2.75, 3.05) is 31.5 Å². The van der Waals surface area contributed by atoms with E-state index in [1.807, 2.05) is 6.92 Å². The quantitative estimate of drug-likeness (QED) is 0.316. The first kappa shape index (κ1) is 36.0. The van der Waals surface area contributed by atoms with Crippen LogP contribution in [-0.4, -0.2) is 87.5 Å². The van der Waals surface area contributed by atoms with Gasteiger partial charge in [-0.2, -0.15) is 5.10 Å². The lowest BCUT2D eigenvalue weighted by atomic mass is 9.79. The molecule has 0 spiro atoms. The van der Waals surface area contributed by atoms with Gasteiger partial charge in [-0.25, -0.2) is 4.39 Å². The fourth-order valence-electron chi connectivity index (χ4n) is 6.66. The van der Waals surface area contributed by atoms with Gasteiger partial charge in [0.2, 0.25) is 17.7 Å². The number of aryl methyl sites for hydroxylation is 1. The van der Waals surface area contributed by atoms with E-state index in [0.29, 0.717) is 42.9 Å². The van der Waals surface area contributed by atoms with E-state index in [2.05, 4.69) is 46.7 Å². The van der Waals surface area contributed by atoms with Crippen LogP contribution < -0.4 is 16.0 Å². The molecule has 1 aliphatic heterocycles. The lowest BCUT2D eigenvalue weighted by molar-refractivity contribution is -0.138. The second-order valence-corrected chi connectivity index (χ2v) is 13.4. The van der Waals surface area contributed by atoms with Crippen molar-refractivity contribution in [3.8, 4) is 0 Å². The minimum atomic E-state index is -0.863. The minimum absolute atomic E-state index is 0.0155. The number of aromatic nitrogens is 2. The maximum Gasteiger partial charge on any atom is 0.270 e. The molecule has 4 amide bonds. The molecule has 4 rings (SSSR count). The minimum Gasteiger partial charge on any atom is -0.344 e. The molecule has 2 fully saturated rings. The summed E-state index contributed by atoms with van der Waals surface area (Å²) in [5.74, 6) is -2.06. The molecule has 258 valence electrons. The van der Waals surface area contributed by atoms with E-state index in [9.17, 15) is 19.2 Å². The number of nitrogens with one attached hydrogen (secondary N) is 3. The molecule has 2 aliphatic rings. The van der Waals surface area contributed by atoms with Gasteiger partial charge < -0.3 is 20.9 Å². The summed E-state index contributed by atoms with van der Waals surface area (Å²) in [6.07, 6.45) is 5.20.